The van der Waals surface area contributed by atoms with Gasteiger partial charge in [0.15, 0.2) is 0 Å². The lowest BCUT2D eigenvalue weighted by Crippen LogP contribution is -2.37. The van der Waals surface area contributed by atoms with Gasteiger partial charge >= 0.3 is 0 Å². The van der Waals surface area contributed by atoms with E-state index in [2.05, 4.69) is 22.9 Å². The summed E-state index contributed by atoms with van der Waals surface area (Å²) in [6, 6.07) is 0. The van der Waals surface area contributed by atoms with Gasteiger partial charge in [-0.05, 0) is 32.0 Å². The zero-order chi connectivity index (χ0) is 10.1. The first-order chi connectivity index (χ1) is 6.20. The van der Waals surface area contributed by atoms with Crippen LogP contribution in [0, 0.1) is 0 Å². The maximum Gasteiger partial charge on any atom is 0.201 e. The van der Waals surface area contributed by atoms with Gasteiger partial charge in [-0.2, -0.15) is 5.10 Å². The van der Waals surface area contributed by atoms with Gasteiger partial charge < -0.3 is 0 Å². The minimum absolute atomic E-state index is 0.342. The fraction of sp³-hybridized carbons (Fsp3) is 0.750. The Balaban J connectivity index is 3.56. The Bertz CT molecular complexity index is 179. The number of nitrogens with one attached hydrogen (secondary N) is 2. The number of hydrogen-bond donors (Lipinski definition) is 3. The van der Waals surface area contributed by atoms with E-state index in [1.165, 1.54) is 19.3 Å². The highest BCUT2D eigenvalue weighted by atomic mass is 32.1. The van der Waals surface area contributed by atoms with Crippen molar-refractivity contribution in [2.24, 2.45) is 10.9 Å². The van der Waals surface area contributed by atoms with Crippen LogP contribution in [0.4, 0.5) is 0 Å². The van der Waals surface area contributed by atoms with Crippen molar-refractivity contribution in [3.05, 3.63) is 0 Å². The van der Waals surface area contributed by atoms with E-state index in [-0.39, 0.29) is 0 Å². The predicted octanol–water partition coefficient (Wildman–Crippen LogP) is 1.28. The monoisotopic (exact) mass is 202 g/mol. The van der Waals surface area contributed by atoms with Gasteiger partial charge in [0.05, 0.1) is 0 Å². The Morgan fingerprint density at radius 2 is 2.15 bits per heavy atom. The van der Waals surface area contributed by atoms with Gasteiger partial charge in [-0.25, -0.2) is 5.84 Å². The van der Waals surface area contributed by atoms with E-state index in [9.17, 15) is 0 Å². The molecule has 0 rings (SSSR count). The summed E-state index contributed by atoms with van der Waals surface area (Å²) in [5, 5.41) is 4.39. The molecule has 0 unspecified atom stereocenters. The largest absolute Gasteiger partial charge is 0.300 e. The second kappa shape index (κ2) is 7.94. The Hall–Kier alpha value is -0.680. The van der Waals surface area contributed by atoms with Crippen LogP contribution in [-0.2, 0) is 0 Å². The number of hydrogen-bond acceptors (Lipinski definition) is 3. The molecule has 0 radical (unpaired) electrons. The third-order valence-electron chi connectivity index (χ3n) is 1.62. The molecule has 0 aromatic carbocycles. The summed E-state index contributed by atoms with van der Waals surface area (Å²) in [5.74, 6) is 5.06. The summed E-state index contributed by atoms with van der Waals surface area (Å²) in [6.07, 6.45) is 4.65. The Morgan fingerprint density at radius 1 is 1.46 bits per heavy atom. The van der Waals surface area contributed by atoms with Gasteiger partial charge in [0.25, 0.3) is 0 Å². The molecule has 0 aliphatic heterocycles. The van der Waals surface area contributed by atoms with Crippen molar-refractivity contribution in [3.8, 4) is 0 Å². The van der Waals surface area contributed by atoms with Crippen LogP contribution in [0.3, 0.4) is 0 Å². The minimum atomic E-state index is 0.342. The molecule has 0 aliphatic rings. The van der Waals surface area contributed by atoms with Crippen LogP contribution in [0.5, 0.6) is 0 Å². The standard InChI is InChI=1S/C8H18N4S/c1-3-4-5-6-7(2)11-12-8(13)10-9/h3-6,9H2,1-2H3,(H2,10,12,13)/b11-7+. The van der Waals surface area contributed by atoms with Crippen LogP contribution < -0.4 is 16.7 Å². The summed E-state index contributed by atoms with van der Waals surface area (Å²) in [4.78, 5) is 0. The van der Waals surface area contributed by atoms with Crippen molar-refractivity contribution in [1.82, 2.24) is 10.9 Å². The number of hydrazine groups is 1. The van der Waals surface area contributed by atoms with E-state index in [0.717, 1.165) is 12.1 Å². The van der Waals surface area contributed by atoms with Crippen LogP contribution >= 0.6 is 12.2 Å². The smallest absolute Gasteiger partial charge is 0.201 e. The molecule has 13 heavy (non-hydrogen) atoms. The van der Waals surface area contributed by atoms with Gasteiger partial charge in [-0.1, -0.05) is 19.8 Å². The van der Waals surface area contributed by atoms with Crippen molar-refractivity contribution in [1.29, 1.82) is 0 Å². The third-order valence-corrected chi connectivity index (χ3v) is 1.83. The Labute approximate surface area is 84.9 Å². The molecular weight excluding hydrogens is 184 g/mol. The SMILES string of the molecule is CCCCC/C(C)=N/NC(=S)NN. The number of unbranched alkanes of at least 4 members (excludes halogenated alkanes) is 2. The van der Waals surface area contributed by atoms with E-state index in [0.29, 0.717) is 5.11 Å². The first-order valence-electron chi connectivity index (χ1n) is 4.50. The van der Waals surface area contributed by atoms with Crippen molar-refractivity contribution in [3.63, 3.8) is 0 Å². The molecule has 0 atom stereocenters. The van der Waals surface area contributed by atoms with Gasteiger partial charge in [0, 0.05) is 5.71 Å². The Kier molecular flexibility index (Phi) is 7.53. The number of nitrogens with two attached hydrogens (primary N) is 1. The number of hydrazone groups is 1. The lowest BCUT2D eigenvalue weighted by Gasteiger charge is -2.02. The molecule has 0 aromatic rings. The van der Waals surface area contributed by atoms with E-state index < -0.39 is 0 Å². The van der Waals surface area contributed by atoms with Crippen LogP contribution in [-0.4, -0.2) is 10.8 Å². The minimum Gasteiger partial charge on any atom is -0.300 e. The van der Waals surface area contributed by atoms with Crippen LogP contribution in [0.1, 0.15) is 39.5 Å². The second-order valence-electron chi connectivity index (χ2n) is 2.89. The number of thiocarbonyl (C=S) groups is 1. The summed E-state index contributed by atoms with van der Waals surface area (Å²) in [5.41, 5.74) is 5.99. The normalized spacial score (nSPS) is 11.2. The van der Waals surface area contributed by atoms with Crippen LogP contribution in [0.15, 0.2) is 5.10 Å². The van der Waals surface area contributed by atoms with Crippen molar-refractivity contribution < 1.29 is 0 Å². The van der Waals surface area contributed by atoms with E-state index in [1.54, 1.807) is 0 Å². The molecule has 0 heterocycles. The Morgan fingerprint density at radius 3 is 2.69 bits per heavy atom. The molecular formula is C8H18N4S. The third kappa shape index (κ3) is 7.67. The zero-order valence-corrected chi connectivity index (χ0v) is 9.08. The average molecular weight is 202 g/mol. The van der Waals surface area contributed by atoms with Gasteiger partial charge in [-0.3, -0.25) is 10.9 Å². The molecule has 5 heteroatoms. The van der Waals surface area contributed by atoms with E-state index >= 15 is 0 Å². The first kappa shape index (κ1) is 12.3. The first-order valence-corrected chi connectivity index (χ1v) is 4.91. The molecule has 0 aliphatic carbocycles. The highest BCUT2D eigenvalue weighted by Crippen LogP contribution is 1.99. The maximum absolute atomic E-state index is 5.06. The van der Waals surface area contributed by atoms with Gasteiger partial charge in [0.1, 0.15) is 0 Å². The predicted molar refractivity (Wildman–Crippen MR) is 60.3 cm³/mol. The summed E-state index contributed by atoms with van der Waals surface area (Å²) >= 11 is 4.75. The highest BCUT2D eigenvalue weighted by Gasteiger charge is 1.92. The van der Waals surface area contributed by atoms with E-state index in [4.69, 9.17) is 18.1 Å². The van der Waals surface area contributed by atoms with Gasteiger partial charge in [-0.15, -0.1) is 0 Å². The maximum atomic E-state index is 5.06. The summed E-state index contributed by atoms with van der Waals surface area (Å²) in [6.45, 7) is 4.15. The topological polar surface area (TPSA) is 62.4 Å². The molecule has 0 aromatic heterocycles. The molecule has 0 saturated heterocycles. The molecule has 0 amide bonds. The van der Waals surface area contributed by atoms with Crippen molar-refractivity contribution in [2.45, 2.75) is 39.5 Å². The highest BCUT2D eigenvalue weighted by molar-refractivity contribution is 7.80. The molecule has 0 spiro atoms. The lowest BCUT2D eigenvalue weighted by molar-refractivity contribution is 0.738. The molecule has 0 saturated carbocycles. The van der Waals surface area contributed by atoms with E-state index in [1.807, 2.05) is 6.92 Å². The van der Waals surface area contributed by atoms with Crippen molar-refractivity contribution >= 4 is 23.0 Å². The van der Waals surface area contributed by atoms with Crippen molar-refractivity contribution in [2.75, 3.05) is 0 Å². The average Bonchev–Trinajstić information content (AvgIpc) is 2.14. The van der Waals surface area contributed by atoms with Crippen LogP contribution in [0.2, 0.25) is 0 Å². The zero-order valence-electron chi connectivity index (χ0n) is 8.26. The second-order valence-corrected chi connectivity index (χ2v) is 3.30. The lowest BCUT2D eigenvalue weighted by atomic mass is 10.1. The summed E-state index contributed by atoms with van der Waals surface area (Å²) < 4.78 is 0. The quantitative estimate of drug-likeness (QED) is 0.207. The summed E-state index contributed by atoms with van der Waals surface area (Å²) in [7, 11) is 0. The number of rotatable bonds is 5. The fourth-order valence-corrected chi connectivity index (χ4v) is 0.911. The van der Waals surface area contributed by atoms with Gasteiger partial charge in [0.2, 0.25) is 5.11 Å². The molecule has 0 fully saturated rings. The van der Waals surface area contributed by atoms with Crippen LogP contribution in [0.25, 0.3) is 0 Å². The molecule has 76 valence electrons. The molecule has 4 nitrogen and oxygen atoms in total. The molecule has 0 bridgehead atoms. The molecule has 4 N–H and O–H groups in total. The fourth-order valence-electron chi connectivity index (χ4n) is 0.865. The number of nitrogens with zero attached hydrogens (tertiary/aromatic N) is 1.